The maximum atomic E-state index is 11.1. The number of aromatic nitrogens is 3. The largest absolute Gasteiger partial charge is 0.477 e. The molecule has 0 bridgehead atoms. The molecule has 2 heterocycles. The number of rotatable bonds is 2. The van der Waals surface area contributed by atoms with E-state index in [9.17, 15) is 9.59 Å². The number of aromatic amines is 1. The summed E-state index contributed by atoms with van der Waals surface area (Å²) < 4.78 is 0. The lowest BCUT2D eigenvalue weighted by Crippen LogP contribution is -2.13. The first-order valence-electron chi connectivity index (χ1n) is 3.90. The van der Waals surface area contributed by atoms with Crippen molar-refractivity contribution in [1.82, 2.24) is 15.0 Å². The Morgan fingerprint density at radius 1 is 1.53 bits per heavy atom. The van der Waals surface area contributed by atoms with Gasteiger partial charge in [0.15, 0.2) is 11.5 Å². The zero-order valence-electron chi connectivity index (χ0n) is 7.30. The summed E-state index contributed by atoms with van der Waals surface area (Å²) in [6.45, 7) is 0. The average molecular weight is 223 g/mol. The van der Waals surface area contributed by atoms with Crippen LogP contribution in [-0.4, -0.2) is 26.0 Å². The lowest BCUT2D eigenvalue weighted by Gasteiger charge is -1.97. The van der Waals surface area contributed by atoms with Crippen LogP contribution in [0.3, 0.4) is 0 Å². The second-order valence-corrected chi connectivity index (χ2v) is 3.54. The molecule has 2 rings (SSSR count). The van der Waals surface area contributed by atoms with E-state index in [4.69, 9.17) is 5.11 Å². The molecule has 0 radical (unpaired) electrons. The number of hydrogen-bond donors (Lipinski definition) is 2. The molecule has 0 atom stereocenters. The van der Waals surface area contributed by atoms with E-state index in [0.717, 1.165) is 6.07 Å². The predicted molar refractivity (Wildman–Crippen MR) is 52.9 cm³/mol. The van der Waals surface area contributed by atoms with E-state index >= 15 is 0 Å². The van der Waals surface area contributed by atoms with E-state index in [-0.39, 0.29) is 11.5 Å². The summed E-state index contributed by atoms with van der Waals surface area (Å²) >= 11 is 1.27. The van der Waals surface area contributed by atoms with Crippen molar-refractivity contribution in [3.63, 3.8) is 0 Å². The van der Waals surface area contributed by atoms with Crippen LogP contribution >= 0.6 is 11.3 Å². The van der Waals surface area contributed by atoms with E-state index in [1.807, 2.05) is 0 Å². The van der Waals surface area contributed by atoms with Gasteiger partial charge in [-0.1, -0.05) is 0 Å². The third kappa shape index (κ3) is 1.91. The number of H-pyrrole nitrogens is 1. The van der Waals surface area contributed by atoms with Gasteiger partial charge in [-0.3, -0.25) is 9.78 Å². The van der Waals surface area contributed by atoms with Gasteiger partial charge in [0.25, 0.3) is 5.56 Å². The van der Waals surface area contributed by atoms with Gasteiger partial charge in [-0.2, -0.15) is 0 Å². The number of carboxylic acid groups (broad SMARTS) is 1. The van der Waals surface area contributed by atoms with E-state index in [0.29, 0.717) is 4.88 Å². The highest BCUT2D eigenvalue weighted by Gasteiger charge is 2.09. The number of aromatic carboxylic acids is 1. The molecular weight excluding hydrogens is 218 g/mol. The number of hydrogen-bond acceptors (Lipinski definition) is 5. The van der Waals surface area contributed by atoms with Gasteiger partial charge in [-0.15, -0.1) is 11.3 Å². The second-order valence-electron chi connectivity index (χ2n) is 2.65. The van der Waals surface area contributed by atoms with Gasteiger partial charge in [0.1, 0.15) is 0 Å². The molecule has 0 saturated heterocycles. The molecule has 6 nitrogen and oxygen atoms in total. The Morgan fingerprint density at radius 2 is 2.33 bits per heavy atom. The van der Waals surface area contributed by atoms with Crippen molar-refractivity contribution >= 4 is 17.3 Å². The van der Waals surface area contributed by atoms with E-state index < -0.39 is 11.5 Å². The van der Waals surface area contributed by atoms with Gasteiger partial charge in [0.05, 0.1) is 10.4 Å². The van der Waals surface area contributed by atoms with Crippen LogP contribution in [0, 0.1) is 0 Å². The van der Waals surface area contributed by atoms with Crippen LogP contribution in [-0.2, 0) is 0 Å². The minimum atomic E-state index is -1.23. The van der Waals surface area contributed by atoms with Crippen LogP contribution in [0.1, 0.15) is 10.5 Å². The summed E-state index contributed by atoms with van der Waals surface area (Å²) in [4.78, 5) is 32.5. The Labute approximate surface area is 87.3 Å². The minimum absolute atomic E-state index is 0.224. The first-order valence-corrected chi connectivity index (χ1v) is 4.78. The van der Waals surface area contributed by atoms with Crippen molar-refractivity contribution < 1.29 is 9.90 Å². The third-order valence-corrected chi connectivity index (χ3v) is 2.41. The van der Waals surface area contributed by atoms with Gasteiger partial charge in [0.2, 0.25) is 0 Å². The lowest BCUT2D eigenvalue weighted by molar-refractivity contribution is 0.0690. The highest BCUT2D eigenvalue weighted by molar-refractivity contribution is 7.13. The molecule has 0 saturated carbocycles. The van der Waals surface area contributed by atoms with Crippen molar-refractivity contribution in [2.45, 2.75) is 0 Å². The normalized spacial score (nSPS) is 10.1. The number of carbonyl (C=O) groups is 1. The van der Waals surface area contributed by atoms with Gasteiger partial charge in [0, 0.05) is 12.3 Å². The van der Waals surface area contributed by atoms with Crippen molar-refractivity contribution in [2.75, 3.05) is 0 Å². The molecule has 0 fully saturated rings. The summed E-state index contributed by atoms with van der Waals surface area (Å²) in [6, 6.07) is 0.937. The standard InChI is InChI=1S/C8H5N3O3S/c12-6-1-4(8(13)14)10-7(11-6)5-2-9-3-15-5/h1-3H,(H,13,14)(H,10,11,12). The van der Waals surface area contributed by atoms with E-state index in [1.54, 1.807) is 5.51 Å². The lowest BCUT2D eigenvalue weighted by atomic mass is 10.4. The van der Waals surface area contributed by atoms with Gasteiger partial charge >= 0.3 is 5.97 Å². The number of carboxylic acids is 1. The zero-order chi connectivity index (χ0) is 10.8. The Hall–Kier alpha value is -2.02. The molecule has 15 heavy (non-hydrogen) atoms. The van der Waals surface area contributed by atoms with Crippen LogP contribution in [0.4, 0.5) is 0 Å². The summed E-state index contributed by atoms with van der Waals surface area (Å²) in [5, 5.41) is 8.70. The summed E-state index contributed by atoms with van der Waals surface area (Å²) in [5.74, 6) is -1.01. The first kappa shape index (κ1) is 9.53. The van der Waals surface area contributed by atoms with Crippen LogP contribution < -0.4 is 5.56 Å². The maximum Gasteiger partial charge on any atom is 0.354 e. The number of thiazole rings is 1. The zero-order valence-corrected chi connectivity index (χ0v) is 8.11. The Bertz CT molecular complexity index is 547. The summed E-state index contributed by atoms with van der Waals surface area (Å²) in [5.41, 5.74) is 0.802. The predicted octanol–water partition coefficient (Wildman–Crippen LogP) is 0.592. The highest BCUT2D eigenvalue weighted by Crippen LogP contribution is 2.17. The molecule has 2 aromatic heterocycles. The second kappa shape index (κ2) is 3.62. The molecule has 0 aliphatic carbocycles. The molecule has 0 aromatic carbocycles. The van der Waals surface area contributed by atoms with Crippen LogP contribution in [0.25, 0.3) is 10.7 Å². The quantitative estimate of drug-likeness (QED) is 0.776. The van der Waals surface area contributed by atoms with Crippen molar-refractivity contribution in [2.24, 2.45) is 0 Å². The third-order valence-electron chi connectivity index (χ3n) is 1.63. The fourth-order valence-corrected chi connectivity index (χ4v) is 1.58. The monoisotopic (exact) mass is 223 g/mol. The molecule has 2 N–H and O–H groups in total. The molecule has 0 spiro atoms. The van der Waals surface area contributed by atoms with Crippen LogP contribution in [0.2, 0.25) is 0 Å². The van der Waals surface area contributed by atoms with Crippen LogP contribution in [0.5, 0.6) is 0 Å². The highest BCUT2D eigenvalue weighted by atomic mass is 32.1. The van der Waals surface area contributed by atoms with Crippen molar-refractivity contribution in [3.8, 4) is 10.7 Å². The summed E-state index contributed by atoms with van der Waals surface area (Å²) in [6.07, 6.45) is 1.51. The van der Waals surface area contributed by atoms with E-state index in [2.05, 4.69) is 15.0 Å². The minimum Gasteiger partial charge on any atom is -0.477 e. The molecular formula is C8H5N3O3S. The molecule has 0 unspecified atom stereocenters. The fraction of sp³-hybridized carbons (Fsp3) is 0. The van der Waals surface area contributed by atoms with E-state index in [1.165, 1.54) is 17.5 Å². The Morgan fingerprint density at radius 3 is 2.93 bits per heavy atom. The van der Waals surface area contributed by atoms with Crippen LogP contribution in [0.15, 0.2) is 22.6 Å². The number of nitrogens with one attached hydrogen (secondary N) is 1. The molecule has 76 valence electrons. The molecule has 0 aliphatic heterocycles. The van der Waals surface area contributed by atoms with Gasteiger partial charge < -0.3 is 10.1 Å². The molecule has 0 aliphatic rings. The molecule has 2 aromatic rings. The first-order chi connectivity index (χ1) is 7.16. The van der Waals surface area contributed by atoms with Gasteiger partial charge in [-0.05, 0) is 0 Å². The summed E-state index contributed by atoms with van der Waals surface area (Å²) in [7, 11) is 0. The Kier molecular flexibility index (Phi) is 2.30. The molecule has 7 heteroatoms. The fourth-order valence-electron chi connectivity index (χ4n) is 1.02. The average Bonchev–Trinajstić information content (AvgIpc) is 2.69. The molecule has 0 amide bonds. The maximum absolute atomic E-state index is 11.1. The topological polar surface area (TPSA) is 95.9 Å². The Balaban J connectivity index is 2.59. The van der Waals surface area contributed by atoms with Crippen molar-refractivity contribution in [1.29, 1.82) is 0 Å². The number of nitrogens with zero attached hydrogens (tertiary/aromatic N) is 2. The smallest absolute Gasteiger partial charge is 0.354 e. The van der Waals surface area contributed by atoms with Crippen molar-refractivity contribution in [3.05, 3.63) is 33.8 Å². The SMILES string of the molecule is O=C(O)c1cc(=O)[nH]c(-c2cncs2)n1. The van der Waals surface area contributed by atoms with Gasteiger partial charge in [-0.25, -0.2) is 9.78 Å².